The number of ether oxygens (including phenoxy) is 2. The molecule has 0 aliphatic carbocycles. The van der Waals surface area contributed by atoms with Crippen molar-refractivity contribution in [2.24, 2.45) is 0 Å². The molecule has 0 bridgehead atoms. The van der Waals surface area contributed by atoms with Crippen LogP contribution in [0.5, 0.6) is 5.88 Å². The van der Waals surface area contributed by atoms with Gasteiger partial charge >= 0.3 is 0 Å². The monoisotopic (exact) mass is 257 g/mol. The average molecular weight is 258 g/mol. The average Bonchev–Trinajstić information content (AvgIpc) is 2.39. The SMILES string of the molecule is OCc1nc(OCC2CCCCO2)ccc1Cl. The number of aromatic nitrogens is 1. The molecule has 2 rings (SSSR count). The standard InChI is InChI=1S/C12H16ClNO3/c13-10-4-5-12(14-11(10)7-15)17-8-9-3-1-2-6-16-9/h4-5,9,15H,1-3,6-8H2. The summed E-state index contributed by atoms with van der Waals surface area (Å²) in [6.45, 7) is 1.12. The second-order valence-electron chi connectivity index (χ2n) is 4.04. The highest BCUT2D eigenvalue weighted by atomic mass is 35.5. The highest BCUT2D eigenvalue weighted by Gasteiger charge is 2.14. The van der Waals surface area contributed by atoms with Crippen molar-refractivity contribution in [2.75, 3.05) is 13.2 Å². The number of rotatable bonds is 4. The summed E-state index contributed by atoms with van der Waals surface area (Å²) in [4.78, 5) is 4.12. The lowest BCUT2D eigenvalue weighted by Gasteiger charge is -2.22. The molecule has 17 heavy (non-hydrogen) atoms. The van der Waals surface area contributed by atoms with E-state index in [2.05, 4.69) is 4.98 Å². The minimum atomic E-state index is -0.185. The van der Waals surface area contributed by atoms with Crippen LogP contribution in [0.3, 0.4) is 0 Å². The molecule has 1 atom stereocenters. The lowest BCUT2D eigenvalue weighted by Crippen LogP contribution is -2.26. The summed E-state index contributed by atoms with van der Waals surface area (Å²) in [5.41, 5.74) is 0.439. The number of aliphatic hydroxyl groups is 1. The van der Waals surface area contributed by atoms with Gasteiger partial charge in [-0.2, -0.15) is 0 Å². The zero-order valence-corrected chi connectivity index (χ0v) is 10.3. The maximum Gasteiger partial charge on any atom is 0.213 e. The molecule has 4 nitrogen and oxygen atoms in total. The Bertz CT molecular complexity index is 367. The van der Waals surface area contributed by atoms with Gasteiger partial charge in [0.2, 0.25) is 5.88 Å². The zero-order valence-electron chi connectivity index (χ0n) is 9.56. The molecule has 0 saturated carbocycles. The normalized spacial score (nSPS) is 20.2. The molecular formula is C12H16ClNO3. The number of aliphatic hydroxyl groups excluding tert-OH is 1. The minimum absolute atomic E-state index is 0.152. The van der Waals surface area contributed by atoms with Crippen LogP contribution in [0.4, 0.5) is 0 Å². The van der Waals surface area contributed by atoms with Gasteiger partial charge in [-0.25, -0.2) is 4.98 Å². The Labute approximate surface area is 106 Å². The fourth-order valence-electron chi connectivity index (χ4n) is 1.77. The fourth-order valence-corrected chi connectivity index (χ4v) is 1.94. The first-order valence-corrected chi connectivity index (χ1v) is 6.18. The molecule has 94 valence electrons. The minimum Gasteiger partial charge on any atom is -0.475 e. The van der Waals surface area contributed by atoms with Crippen molar-refractivity contribution in [3.05, 3.63) is 22.8 Å². The Morgan fingerprint density at radius 1 is 1.47 bits per heavy atom. The molecule has 1 aliphatic heterocycles. The van der Waals surface area contributed by atoms with Crippen molar-refractivity contribution in [3.63, 3.8) is 0 Å². The zero-order chi connectivity index (χ0) is 12.1. The summed E-state index contributed by atoms with van der Waals surface area (Å²) in [6.07, 6.45) is 3.49. The van der Waals surface area contributed by atoms with Gasteiger partial charge in [0.25, 0.3) is 0 Å². The summed E-state index contributed by atoms with van der Waals surface area (Å²) in [5, 5.41) is 9.49. The molecule has 5 heteroatoms. The number of pyridine rings is 1. The van der Waals surface area contributed by atoms with E-state index in [-0.39, 0.29) is 12.7 Å². The van der Waals surface area contributed by atoms with Crippen molar-refractivity contribution in [1.82, 2.24) is 4.98 Å². The van der Waals surface area contributed by atoms with E-state index in [0.717, 1.165) is 19.4 Å². The van der Waals surface area contributed by atoms with Crippen molar-refractivity contribution in [3.8, 4) is 5.88 Å². The van der Waals surface area contributed by atoms with Crippen molar-refractivity contribution in [1.29, 1.82) is 0 Å². The van der Waals surface area contributed by atoms with Gasteiger partial charge in [-0.3, -0.25) is 0 Å². The molecule has 1 aliphatic rings. The predicted octanol–water partition coefficient (Wildman–Crippen LogP) is 2.18. The van der Waals surface area contributed by atoms with E-state index in [4.69, 9.17) is 26.2 Å². The lowest BCUT2D eigenvalue weighted by molar-refractivity contribution is -0.0120. The smallest absolute Gasteiger partial charge is 0.213 e. The Hall–Kier alpha value is -0.840. The molecule has 1 aromatic heterocycles. The topological polar surface area (TPSA) is 51.6 Å². The maximum atomic E-state index is 9.03. The van der Waals surface area contributed by atoms with Crippen LogP contribution in [-0.2, 0) is 11.3 Å². The summed E-state index contributed by atoms with van der Waals surface area (Å²) in [5.74, 6) is 0.479. The van der Waals surface area contributed by atoms with Crippen LogP contribution in [-0.4, -0.2) is 29.4 Å². The van der Waals surface area contributed by atoms with Gasteiger partial charge in [-0.15, -0.1) is 0 Å². The van der Waals surface area contributed by atoms with Crippen LogP contribution in [0.1, 0.15) is 25.0 Å². The molecule has 0 radical (unpaired) electrons. The van der Waals surface area contributed by atoms with Crippen LogP contribution in [0.2, 0.25) is 5.02 Å². The van der Waals surface area contributed by atoms with Gasteiger partial charge in [0.15, 0.2) is 0 Å². The third-order valence-corrected chi connectivity index (χ3v) is 3.08. The highest BCUT2D eigenvalue weighted by molar-refractivity contribution is 6.31. The molecule has 1 fully saturated rings. The van der Waals surface area contributed by atoms with E-state index < -0.39 is 0 Å². The van der Waals surface area contributed by atoms with Gasteiger partial charge < -0.3 is 14.6 Å². The van der Waals surface area contributed by atoms with Crippen LogP contribution < -0.4 is 4.74 Å². The number of nitrogens with zero attached hydrogens (tertiary/aromatic N) is 1. The molecule has 2 heterocycles. The largest absolute Gasteiger partial charge is 0.475 e. The number of hydrogen-bond donors (Lipinski definition) is 1. The molecule has 0 aromatic carbocycles. The van der Waals surface area contributed by atoms with Gasteiger partial charge in [-0.1, -0.05) is 11.6 Å². The molecule has 0 spiro atoms. The Morgan fingerprint density at radius 2 is 2.35 bits per heavy atom. The van der Waals surface area contributed by atoms with Gasteiger partial charge in [0.1, 0.15) is 6.61 Å². The number of halogens is 1. The van der Waals surface area contributed by atoms with Crippen LogP contribution in [0.25, 0.3) is 0 Å². The molecule has 1 saturated heterocycles. The van der Waals surface area contributed by atoms with Gasteiger partial charge in [0.05, 0.1) is 23.4 Å². The second-order valence-corrected chi connectivity index (χ2v) is 4.44. The van der Waals surface area contributed by atoms with E-state index >= 15 is 0 Å². The summed E-state index contributed by atoms with van der Waals surface area (Å²) in [6, 6.07) is 3.38. The van der Waals surface area contributed by atoms with Crippen LogP contribution in [0, 0.1) is 0 Å². The molecule has 1 aromatic rings. The first kappa shape index (κ1) is 12.6. The van der Waals surface area contributed by atoms with Crippen molar-refractivity contribution in [2.45, 2.75) is 32.0 Å². The third kappa shape index (κ3) is 3.56. The summed E-state index contributed by atoms with van der Waals surface area (Å²) < 4.78 is 11.1. The summed E-state index contributed by atoms with van der Waals surface area (Å²) >= 11 is 5.84. The van der Waals surface area contributed by atoms with Crippen molar-refractivity contribution >= 4 is 11.6 Å². The molecular weight excluding hydrogens is 242 g/mol. The highest BCUT2D eigenvalue weighted by Crippen LogP contribution is 2.19. The van der Waals surface area contributed by atoms with Crippen LogP contribution in [0.15, 0.2) is 12.1 Å². The molecule has 0 amide bonds. The quantitative estimate of drug-likeness (QED) is 0.898. The predicted molar refractivity (Wildman–Crippen MR) is 64.3 cm³/mol. The molecule has 1 N–H and O–H groups in total. The van der Waals surface area contributed by atoms with Crippen molar-refractivity contribution < 1.29 is 14.6 Å². The summed E-state index contributed by atoms with van der Waals surface area (Å²) in [7, 11) is 0. The van der Waals surface area contributed by atoms with Crippen LogP contribution >= 0.6 is 11.6 Å². The van der Waals surface area contributed by atoms with Gasteiger partial charge in [-0.05, 0) is 25.3 Å². The lowest BCUT2D eigenvalue weighted by atomic mass is 10.1. The van der Waals surface area contributed by atoms with E-state index in [1.807, 2.05) is 0 Å². The maximum absolute atomic E-state index is 9.03. The second kappa shape index (κ2) is 6.19. The Morgan fingerprint density at radius 3 is 3.06 bits per heavy atom. The first-order chi connectivity index (χ1) is 8.29. The number of hydrogen-bond acceptors (Lipinski definition) is 4. The van der Waals surface area contributed by atoms with Gasteiger partial charge in [0, 0.05) is 12.7 Å². The van der Waals surface area contributed by atoms with E-state index in [1.54, 1.807) is 12.1 Å². The van der Waals surface area contributed by atoms with E-state index in [1.165, 1.54) is 6.42 Å². The van der Waals surface area contributed by atoms with E-state index in [0.29, 0.717) is 23.2 Å². The molecule has 1 unspecified atom stereocenters. The Balaban J connectivity index is 1.89. The van der Waals surface area contributed by atoms with E-state index in [9.17, 15) is 0 Å². The Kier molecular flexibility index (Phi) is 4.59. The fraction of sp³-hybridized carbons (Fsp3) is 0.583. The first-order valence-electron chi connectivity index (χ1n) is 5.80. The third-order valence-electron chi connectivity index (χ3n) is 2.73.